The summed E-state index contributed by atoms with van der Waals surface area (Å²) in [5, 5.41) is 9.98. The molecule has 0 aromatic heterocycles. The topological polar surface area (TPSA) is 23.5 Å². The first-order chi connectivity index (χ1) is 11.3. The molecule has 2 rings (SSSR count). The number of rotatable bonds is 6. The first kappa shape index (κ1) is 18.9. The van der Waals surface area contributed by atoms with Gasteiger partial charge < -0.3 is 9.67 Å². The minimum Gasteiger partial charge on any atom is -0.395 e. The van der Waals surface area contributed by atoms with E-state index in [9.17, 15) is 5.11 Å². The maximum atomic E-state index is 9.98. The van der Waals surface area contributed by atoms with Gasteiger partial charge in [0.1, 0.15) is 8.96 Å². The molecule has 3 heteroatoms. The summed E-state index contributed by atoms with van der Waals surface area (Å²) < 4.78 is 2.55. The van der Waals surface area contributed by atoms with Gasteiger partial charge in [0.25, 0.3) is 0 Å². The molecule has 0 aliphatic carbocycles. The highest BCUT2D eigenvalue weighted by Gasteiger charge is 2.30. The van der Waals surface area contributed by atoms with Gasteiger partial charge >= 0.3 is 0 Å². The number of nitrogens with zero attached hydrogens (tertiary/aromatic N) is 1. The lowest BCUT2D eigenvalue weighted by atomic mass is 9.99. The van der Waals surface area contributed by atoms with Crippen LogP contribution >= 0.6 is 0 Å². The van der Waals surface area contributed by atoms with Crippen molar-refractivity contribution in [2.24, 2.45) is 0 Å². The SMILES string of the molecule is C[SiH](C)N([C@H](CO)Cc1ccc(-c2ccccc2)cc1)C(C)(C)C. The zero-order valence-corrected chi connectivity index (χ0v) is 16.8. The maximum absolute atomic E-state index is 9.98. The van der Waals surface area contributed by atoms with Gasteiger partial charge in [0.2, 0.25) is 0 Å². The van der Waals surface area contributed by atoms with Crippen LogP contribution < -0.4 is 0 Å². The summed E-state index contributed by atoms with van der Waals surface area (Å²) in [6.07, 6.45) is 0.897. The van der Waals surface area contributed by atoms with E-state index in [-0.39, 0.29) is 18.2 Å². The molecule has 1 N–H and O–H groups in total. The second kappa shape index (κ2) is 8.10. The van der Waals surface area contributed by atoms with Crippen LogP contribution in [0, 0.1) is 0 Å². The molecule has 130 valence electrons. The molecule has 0 amide bonds. The van der Waals surface area contributed by atoms with Crippen LogP contribution in [0.2, 0.25) is 13.1 Å². The molecule has 0 bridgehead atoms. The summed E-state index contributed by atoms with van der Waals surface area (Å²) >= 11 is 0. The summed E-state index contributed by atoms with van der Waals surface area (Å²) in [6.45, 7) is 11.6. The molecule has 0 radical (unpaired) electrons. The average Bonchev–Trinajstić information content (AvgIpc) is 2.54. The molecule has 0 spiro atoms. The lowest BCUT2D eigenvalue weighted by Gasteiger charge is -2.44. The molecule has 2 aromatic carbocycles. The van der Waals surface area contributed by atoms with E-state index in [0.717, 1.165) is 6.42 Å². The summed E-state index contributed by atoms with van der Waals surface area (Å²) in [7, 11) is -1.01. The van der Waals surface area contributed by atoms with Crippen LogP contribution in [0.25, 0.3) is 11.1 Å². The van der Waals surface area contributed by atoms with Crippen molar-refractivity contribution < 1.29 is 5.11 Å². The van der Waals surface area contributed by atoms with Crippen LogP contribution in [0.5, 0.6) is 0 Å². The van der Waals surface area contributed by atoms with E-state index in [0.29, 0.717) is 0 Å². The molecular weight excluding hydrogens is 310 g/mol. The number of aliphatic hydroxyl groups excluding tert-OH is 1. The normalized spacial score (nSPS) is 13.5. The fourth-order valence-electron chi connectivity index (χ4n) is 3.73. The highest BCUT2D eigenvalue weighted by Crippen LogP contribution is 2.23. The largest absolute Gasteiger partial charge is 0.395 e. The van der Waals surface area contributed by atoms with Gasteiger partial charge in [-0.2, -0.15) is 0 Å². The van der Waals surface area contributed by atoms with E-state index < -0.39 is 8.96 Å². The van der Waals surface area contributed by atoms with E-state index in [1.165, 1.54) is 16.7 Å². The van der Waals surface area contributed by atoms with Crippen LogP contribution in [0.1, 0.15) is 26.3 Å². The Hall–Kier alpha value is -1.42. The van der Waals surface area contributed by atoms with Crippen molar-refractivity contribution in [1.82, 2.24) is 4.57 Å². The molecule has 0 aliphatic heterocycles. The number of benzene rings is 2. The van der Waals surface area contributed by atoms with Crippen molar-refractivity contribution >= 4 is 8.96 Å². The molecule has 0 saturated carbocycles. The van der Waals surface area contributed by atoms with Crippen LogP contribution in [0.15, 0.2) is 54.6 Å². The van der Waals surface area contributed by atoms with Gasteiger partial charge in [0.05, 0.1) is 6.61 Å². The summed E-state index contributed by atoms with van der Waals surface area (Å²) in [5.41, 5.74) is 3.87. The van der Waals surface area contributed by atoms with Crippen molar-refractivity contribution in [2.75, 3.05) is 6.61 Å². The van der Waals surface area contributed by atoms with Crippen molar-refractivity contribution in [3.8, 4) is 11.1 Å². The standard InChI is InChI=1S/C21H31NOSi/c1-21(2,3)22(24(4)5)20(16-23)15-17-11-13-19(14-12-17)18-9-7-6-8-10-18/h6-14,20,23-24H,15-16H2,1-5H3/t20-/m0/s1. The fraction of sp³-hybridized carbons (Fsp3) is 0.429. The van der Waals surface area contributed by atoms with Gasteiger partial charge in [-0.3, -0.25) is 0 Å². The van der Waals surface area contributed by atoms with Crippen molar-refractivity contribution in [3.63, 3.8) is 0 Å². The van der Waals surface area contributed by atoms with E-state index in [1.807, 2.05) is 6.07 Å². The molecule has 24 heavy (non-hydrogen) atoms. The van der Waals surface area contributed by atoms with Crippen LogP contribution in [-0.4, -0.2) is 36.8 Å². The highest BCUT2D eigenvalue weighted by atomic mass is 28.3. The molecule has 0 unspecified atom stereocenters. The van der Waals surface area contributed by atoms with Crippen molar-refractivity contribution in [1.29, 1.82) is 0 Å². The van der Waals surface area contributed by atoms with Gasteiger partial charge in [-0.1, -0.05) is 67.7 Å². The minimum absolute atomic E-state index is 0.0950. The Labute approximate surface area is 148 Å². The zero-order chi connectivity index (χ0) is 17.7. The van der Waals surface area contributed by atoms with E-state index in [4.69, 9.17) is 0 Å². The Morgan fingerprint density at radius 3 is 1.92 bits per heavy atom. The molecule has 0 saturated heterocycles. The number of hydrogen-bond acceptors (Lipinski definition) is 2. The Morgan fingerprint density at radius 1 is 0.917 bits per heavy atom. The number of hydrogen-bond donors (Lipinski definition) is 1. The predicted octanol–water partition coefficient (Wildman–Crippen LogP) is 4.34. The fourth-order valence-corrected chi connectivity index (χ4v) is 6.32. The molecule has 0 aliphatic rings. The van der Waals surface area contributed by atoms with Crippen LogP contribution in [0.3, 0.4) is 0 Å². The second-order valence-electron chi connectivity index (χ2n) is 7.78. The van der Waals surface area contributed by atoms with Crippen LogP contribution in [-0.2, 0) is 6.42 Å². The number of aliphatic hydroxyl groups is 1. The quantitative estimate of drug-likeness (QED) is 0.790. The second-order valence-corrected chi connectivity index (χ2v) is 10.5. The third kappa shape index (κ3) is 4.79. The predicted molar refractivity (Wildman–Crippen MR) is 107 cm³/mol. The summed E-state index contributed by atoms with van der Waals surface area (Å²) in [4.78, 5) is 0. The van der Waals surface area contributed by atoms with Gasteiger partial charge in [-0.05, 0) is 43.9 Å². The third-order valence-electron chi connectivity index (χ3n) is 4.47. The highest BCUT2D eigenvalue weighted by molar-refractivity contribution is 6.52. The van der Waals surface area contributed by atoms with Gasteiger partial charge in [0.15, 0.2) is 0 Å². The van der Waals surface area contributed by atoms with E-state index in [1.54, 1.807) is 0 Å². The van der Waals surface area contributed by atoms with Crippen LogP contribution in [0.4, 0.5) is 0 Å². The molecule has 0 heterocycles. The summed E-state index contributed by atoms with van der Waals surface area (Å²) in [6, 6.07) is 19.4. The molecule has 2 nitrogen and oxygen atoms in total. The zero-order valence-electron chi connectivity index (χ0n) is 15.7. The Bertz CT molecular complexity index is 617. The van der Waals surface area contributed by atoms with Gasteiger partial charge in [0, 0.05) is 11.6 Å². The average molecular weight is 342 g/mol. The molecule has 2 aromatic rings. The third-order valence-corrected chi connectivity index (χ3v) is 6.78. The lowest BCUT2D eigenvalue weighted by molar-refractivity contribution is 0.121. The summed E-state index contributed by atoms with van der Waals surface area (Å²) in [5.74, 6) is 0. The Morgan fingerprint density at radius 2 is 1.46 bits per heavy atom. The van der Waals surface area contributed by atoms with Crippen molar-refractivity contribution in [2.45, 2.75) is 51.9 Å². The first-order valence-corrected chi connectivity index (χ1v) is 11.7. The molecule has 0 fully saturated rings. The monoisotopic (exact) mass is 341 g/mol. The molecular formula is C21H31NOSi. The smallest absolute Gasteiger partial charge is 0.106 e. The molecule has 1 atom stereocenters. The Kier molecular flexibility index (Phi) is 6.38. The van der Waals surface area contributed by atoms with E-state index >= 15 is 0 Å². The van der Waals surface area contributed by atoms with E-state index in [2.05, 4.69) is 87.0 Å². The minimum atomic E-state index is -1.01. The van der Waals surface area contributed by atoms with Crippen molar-refractivity contribution in [3.05, 3.63) is 60.2 Å². The van der Waals surface area contributed by atoms with Gasteiger partial charge in [-0.15, -0.1) is 0 Å². The first-order valence-electron chi connectivity index (χ1n) is 8.86. The Balaban J connectivity index is 2.16. The van der Waals surface area contributed by atoms with Gasteiger partial charge in [-0.25, -0.2) is 0 Å². The maximum Gasteiger partial charge on any atom is 0.106 e. The lowest BCUT2D eigenvalue weighted by Crippen LogP contribution is -2.56.